The Labute approximate surface area is 97.0 Å². The number of hydrogen-bond donors (Lipinski definition) is 2. The number of nitrogens with one attached hydrogen (secondary N) is 1. The molecule has 1 rings (SSSR count). The van der Waals surface area contributed by atoms with Crippen molar-refractivity contribution in [2.24, 2.45) is 11.7 Å². The van der Waals surface area contributed by atoms with Crippen molar-refractivity contribution in [3.05, 3.63) is 30.1 Å². The first kappa shape index (κ1) is 13.0. The van der Waals surface area contributed by atoms with Crippen LogP contribution in [0.1, 0.15) is 27.2 Å². The van der Waals surface area contributed by atoms with Crippen LogP contribution >= 0.6 is 0 Å². The van der Waals surface area contributed by atoms with Gasteiger partial charge >= 0.3 is 0 Å². The Morgan fingerprint density at radius 2 is 2.12 bits per heavy atom. The Morgan fingerprint density at radius 3 is 2.62 bits per heavy atom. The molecule has 0 saturated carbocycles. The zero-order valence-corrected chi connectivity index (χ0v) is 10.3. The van der Waals surface area contributed by atoms with E-state index in [1.54, 1.807) is 6.07 Å². The van der Waals surface area contributed by atoms with Crippen LogP contribution in [0.2, 0.25) is 0 Å². The predicted octanol–water partition coefficient (Wildman–Crippen LogP) is 3.00. The van der Waals surface area contributed by atoms with Gasteiger partial charge in [0.15, 0.2) is 0 Å². The summed E-state index contributed by atoms with van der Waals surface area (Å²) in [4.78, 5) is 0. The second-order valence-electron chi connectivity index (χ2n) is 5.00. The molecule has 1 atom stereocenters. The Kier molecular flexibility index (Phi) is 4.30. The molecule has 0 bridgehead atoms. The Bertz CT molecular complexity index is 338. The molecule has 0 heterocycles. The van der Waals surface area contributed by atoms with Gasteiger partial charge in [0.1, 0.15) is 5.82 Å². The Morgan fingerprint density at radius 1 is 1.44 bits per heavy atom. The van der Waals surface area contributed by atoms with E-state index in [-0.39, 0.29) is 11.4 Å². The lowest BCUT2D eigenvalue weighted by atomic mass is 9.90. The maximum Gasteiger partial charge on any atom is 0.125 e. The van der Waals surface area contributed by atoms with E-state index in [9.17, 15) is 4.39 Å². The smallest absolute Gasteiger partial charge is 0.125 e. The summed E-state index contributed by atoms with van der Waals surface area (Å²) >= 11 is 0. The number of anilines is 1. The molecular formula is C13H21FN2. The van der Waals surface area contributed by atoms with E-state index in [1.165, 1.54) is 12.1 Å². The molecule has 0 aliphatic heterocycles. The summed E-state index contributed by atoms with van der Waals surface area (Å²) in [5.41, 5.74) is 6.39. The first-order chi connectivity index (χ1) is 7.45. The minimum absolute atomic E-state index is 0.179. The SMILES string of the molecule is CC(C)CC(C)(CN)Nc1cccc(F)c1. The lowest BCUT2D eigenvalue weighted by Gasteiger charge is -2.32. The standard InChI is InChI=1S/C13H21FN2/c1-10(2)8-13(3,9-15)16-12-6-4-5-11(14)7-12/h4-7,10,16H,8-9,15H2,1-3H3. The molecule has 90 valence electrons. The van der Waals surface area contributed by atoms with Gasteiger partial charge in [-0.15, -0.1) is 0 Å². The van der Waals surface area contributed by atoms with Crippen LogP contribution in [0.25, 0.3) is 0 Å². The van der Waals surface area contributed by atoms with Crippen LogP contribution in [0, 0.1) is 11.7 Å². The van der Waals surface area contributed by atoms with Crippen LogP contribution in [0.4, 0.5) is 10.1 Å². The number of benzene rings is 1. The minimum Gasteiger partial charge on any atom is -0.379 e. The Balaban J connectivity index is 2.76. The summed E-state index contributed by atoms with van der Waals surface area (Å²) in [6.07, 6.45) is 0.958. The summed E-state index contributed by atoms with van der Waals surface area (Å²) < 4.78 is 13.0. The van der Waals surface area contributed by atoms with Crippen molar-refractivity contribution in [3.63, 3.8) is 0 Å². The topological polar surface area (TPSA) is 38.0 Å². The summed E-state index contributed by atoms with van der Waals surface area (Å²) in [6, 6.07) is 6.49. The second-order valence-corrected chi connectivity index (χ2v) is 5.00. The van der Waals surface area contributed by atoms with Gasteiger partial charge in [-0.25, -0.2) is 4.39 Å². The monoisotopic (exact) mass is 224 g/mol. The molecule has 1 aromatic carbocycles. The van der Waals surface area contributed by atoms with Crippen LogP contribution in [0.15, 0.2) is 24.3 Å². The van der Waals surface area contributed by atoms with Crippen molar-refractivity contribution in [1.82, 2.24) is 0 Å². The lowest BCUT2D eigenvalue weighted by Crippen LogP contribution is -2.43. The molecule has 2 nitrogen and oxygen atoms in total. The molecule has 3 heteroatoms. The molecule has 1 unspecified atom stereocenters. The van der Waals surface area contributed by atoms with Crippen molar-refractivity contribution in [2.75, 3.05) is 11.9 Å². The van der Waals surface area contributed by atoms with E-state index in [0.717, 1.165) is 12.1 Å². The third-order valence-corrected chi connectivity index (χ3v) is 2.58. The molecule has 0 aliphatic carbocycles. The zero-order chi connectivity index (χ0) is 12.2. The van der Waals surface area contributed by atoms with E-state index in [1.807, 2.05) is 6.07 Å². The average Bonchev–Trinajstić information content (AvgIpc) is 2.16. The molecule has 0 amide bonds. The van der Waals surface area contributed by atoms with Gasteiger partial charge in [-0.2, -0.15) is 0 Å². The lowest BCUT2D eigenvalue weighted by molar-refractivity contribution is 0.407. The van der Waals surface area contributed by atoms with Crippen molar-refractivity contribution >= 4 is 5.69 Å². The normalized spacial score (nSPS) is 14.9. The fourth-order valence-corrected chi connectivity index (χ4v) is 2.00. The first-order valence-corrected chi connectivity index (χ1v) is 5.69. The third-order valence-electron chi connectivity index (χ3n) is 2.58. The maximum atomic E-state index is 13.0. The molecule has 0 aliphatic rings. The predicted molar refractivity (Wildman–Crippen MR) is 66.9 cm³/mol. The molecule has 16 heavy (non-hydrogen) atoms. The number of rotatable bonds is 5. The van der Waals surface area contributed by atoms with Crippen molar-refractivity contribution in [2.45, 2.75) is 32.7 Å². The highest BCUT2D eigenvalue weighted by Gasteiger charge is 2.23. The number of nitrogens with two attached hydrogens (primary N) is 1. The Hall–Kier alpha value is -1.09. The van der Waals surface area contributed by atoms with Gasteiger partial charge in [-0.1, -0.05) is 19.9 Å². The van der Waals surface area contributed by atoms with Gasteiger partial charge in [-0.05, 0) is 37.5 Å². The molecule has 0 fully saturated rings. The van der Waals surface area contributed by atoms with E-state index in [4.69, 9.17) is 5.73 Å². The van der Waals surface area contributed by atoms with Crippen molar-refractivity contribution in [3.8, 4) is 0 Å². The van der Waals surface area contributed by atoms with Crippen LogP contribution in [-0.4, -0.2) is 12.1 Å². The summed E-state index contributed by atoms with van der Waals surface area (Å²) in [7, 11) is 0. The fourth-order valence-electron chi connectivity index (χ4n) is 2.00. The van der Waals surface area contributed by atoms with Crippen LogP contribution in [0.5, 0.6) is 0 Å². The van der Waals surface area contributed by atoms with Crippen LogP contribution in [-0.2, 0) is 0 Å². The largest absolute Gasteiger partial charge is 0.379 e. The number of halogens is 1. The quantitative estimate of drug-likeness (QED) is 0.807. The summed E-state index contributed by atoms with van der Waals surface area (Å²) in [5.74, 6) is 0.323. The van der Waals surface area contributed by atoms with Gasteiger partial charge in [-0.3, -0.25) is 0 Å². The van der Waals surface area contributed by atoms with Crippen molar-refractivity contribution < 1.29 is 4.39 Å². The van der Waals surface area contributed by atoms with Gasteiger partial charge in [0.2, 0.25) is 0 Å². The van der Waals surface area contributed by atoms with Crippen LogP contribution < -0.4 is 11.1 Å². The average molecular weight is 224 g/mol. The molecule has 3 N–H and O–H groups in total. The van der Waals surface area contributed by atoms with Gasteiger partial charge < -0.3 is 11.1 Å². The summed E-state index contributed by atoms with van der Waals surface area (Å²) in [5, 5.41) is 3.31. The van der Waals surface area contributed by atoms with E-state index in [0.29, 0.717) is 12.5 Å². The molecule has 0 spiro atoms. The molecular weight excluding hydrogens is 203 g/mol. The molecule has 0 radical (unpaired) electrons. The van der Waals surface area contributed by atoms with Gasteiger partial charge in [0.25, 0.3) is 0 Å². The third kappa shape index (κ3) is 3.81. The van der Waals surface area contributed by atoms with E-state index < -0.39 is 0 Å². The number of hydrogen-bond acceptors (Lipinski definition) is 2. The fraction of sp³-hybridized carbons (Fsp3) is 0.538. The van der Waals surface area contributed by atoms with Crippen molar-refractivity contribution in [1.29, 1.82) is 0 Å². The minimum atomic E-state index is -0.228. The van der Waals surface area contributed by atoms with Gasteiger partial charge in [0.05, 0.1) is 0 Å². The molecule has 0 aromatic heterocycles. The van der Waals surface area contributed by atoms with E-state index >= 15 is 0 Å². The highest BCUT2D eigenvalue weighted by molar-refractivity contribution is 5.45. The van der Waals surface area contributed by atoms with Crippen LogP contribution in [0.3, 0.4) is 0 Å². The van der Waals surface area contributed by atoms with E-state index in [2.05, 4.69) is 26.1 Å². The maximum absolute atomic E-state index is 13.0. The second kappa shape index (κ2) is 5.30. The first-order valence-electron chi connectivity index (χ1n) is 5.69. The summed E-state index contributed by atoms with van der Waals surface area (Å²) in [6.45, 7) is 6.90. The highest BCUT2D eigenvalue weighted by atomic mass is 19.1. The molecule has 0 saturated heterocycles. The zero-order valence-electron chi connectivity index (χ0n) is 10.3. The molecule has 1 aromatic rings. The van der Waals surface area contributed by atoms with Gasteiger partial charge in [0, 0.05) is 17.8 Å². The highest BCUT2D eigenvalue weighted by Crippen LogP contribution is 2.22.